The van der Waals surface area contributed by atoms with Crippen LogP contribution >= 0.6 is 23.2 Å². The van der Waals surface area contributed by atoms with Gasteiger partial charge in [0.05, 0.1) is 5.02 Å². The van der Waals surface area contributed by atoms with Gasteiger partial charge >= 0.3 is 5.97 Å². The van der Waals surface area contributed by atoms with Crippen molar-refractivity contribution in [1.82, 2.24) is 4.98 Å². The Kier molecular flexibility index (Phi) is 3.87. The molecule has 1 aromatic carbocycles. The number of ether oxygens (including phenoxy) is 1. The fourth-order valence-corrected chi connectivity index (χ4v) is 1.62. The van der Waals surface area contributed by atoms with Crippen LogP contribution in [0.5, 0.6) is 11.6 Å². The van der Waals surface area contributed by atoms with Crippen LogP contribution in [0.3, 0.4) is 0 Å². The van der Waals surface area contributed by atoms with Gasteiger partial charge in [0.15, 0.2) is 0 Å². The van der Waals surface area contributed by atoms with Crippen LogP contribution in [0.4, 0.5) is 4.39 Å². The predicted molar refractivity (Wildman–Crippen MR) is 67.7 cm³/mol. The first-order valence-corrected chi connectivity index (χ1v) is 5.75. The second-order valence-electron chi connectivity index (χ2n) is 3.47. The lowest BCUT2D eigenvalue weighted by molar-refractivity contribution is 0.0693. The first-order chi connectivity index (χ1) is 8.97. The van der Waals surface area contributed by atoms with Gasteiger partial charge in [0.2, 0.25) is 5.88 Å². The number of rotatable bonds is 3. The number of carboxylic acid groups (broad SMARTS) is 1. The van der Waals surface area contributed by atoms with Gasteiger partial charge < -0.3 is 9.84 Å². The monoisotopic (exact) mass is 301 g/mol. The van der Waals surface area contributed by atoms with E-state index in [2.05, 4.69) is 4.98 Å². The van der Waals surface area contributed by atoms with Crippen LogP contribution < -0.4 is 4.74 Å². The van der Waals surface area contributed by atoms with Crippen molar-refractivity contribution < 1.29 is 19.0 Å². The molecule has 7 heteroatoms. The molecule has 0 spiro atoms. The Bertz CT molecular complexity index is 649. The van der Waals surface area contributed by atoms with E-state index in [9.17, 15) is 9.18 Å². The van der Waals surface area contributed by atoms with Gasteiger partial charge in [-0.2, -0.15) is 0 Å². The zero-order valence-corrected chi connectivity index (χ0v) is 10.7. The van der Waals surface area contributed by atoms with Crippen molar-refractivity contribution in [3.8, 4) is 11.6 Å². The predicted octanol–water partition coefficient (Wildman–Crippen LogP) is 4.02. The molecule has 0 bridgehead atoms. The maximum atomic E-state index is 13.0. The molecule has 0 aliphatic heterocycles. The number of aromatic carboxylic acids is 1. The highest BCUT2D eigenvalue weighted by Crippen LogP contribution is 2.28. The second-order valence-corrected chi connectivity index (χ2v) is 4.26. The molecular formula is C12H6Cl2FNO3. The van der Waals surface area contributed by atoms with E-state index in [0.29, 0.717) is 0 Å². The minimum absolute atomic E-state index is 0.0770. The quantitative estimate of drug-likeness (QED) is 0.870. The summed E-state index contributed by atoms with van der Waals surface area (Å²) in [6.07, 6.45) is 0. The molecule has 2 rings (SSSR count). The van der Waals surface area contributed by atoms with Crippen molar-refractivity contribution >= 4 is 29.2 Å². The highest BCUT2D eigenvalue weighted by Gasteiger charge is 2.15. The molecule has 0 fully saturated rings. The molecule has 0 atom stereocenters. The minimum atomic E-state index is -1.22. The van der Waals surface area contributed by atoms with Crippen molar-refractivity contribution in [2.75, 3.05) is 0 Å². The third-order valence-electron chi connectivity index (χ3n) is 2.16. The fourth-order valence-electron chi connectivity index (χ4n) is 1.31. The molecule has 0 unspecified atom stereocenters. The van der Waals surface area contributed by atoms with Gasteiger partial charge in [-0.15, -0.1) is 0 Å². The number of halogens is 3. The topological polar surface area (TPSA) is 59.4 Å². The fraction of sp³-hybridized carbons (Fsp3) is 0. The van der Waals surface area contributed by atoms with Crippen LogP contribution in [0.15, 0.2) is 30.3 Å². The van der Waals surface area contributed by atoms with Crippen LogP contribution in [0.25, 0.3) is 0 Å². The Morgan fingerprint density at radius 2 is 2.00 bits per heavy atom. The Labute approximate surface area is 117 Å². The summed E-state index contributed by atoms with van der Waals surface area (Å²) < 4.78 is 18.3. The van der Waals surface area contributed by atoms with E-state index in [-0.39, 0.29) is 27.4 Å². The molecule has 0 radical (unpaired) electrons. The van der Waals surface area contributed by atoms with Crippen LogP contribution in [-0.4, -0.2) is 16.1 Å². The Morgan fingerprint density at radius 1 is 1.26 bits per heavy atom. The molecular weight excluding hydrogens is 296 g/mol. The van der Waals surface area contributed by atoms with Crippen molar-refractivity contribution in [1.29, 1.82) is 0 Å². The number of aromatic nitrogens is 1. The molecule has 19 heavy (non-hydrogen) atoms. The molecule has 0 aliphatic carbocycles. The van der Waals surface area contributed by atoms with Crippen molar-refractivity contribution in [3.63, 3.8) is 0 Å². The van der Waals surface area contributed by atoms with E-state index >= 15 is 0 Å². The number of hydrogen-bond acceptors (Lipinski definition) is 3. The second kappa shape index (κ2) is 5.42. The summed E-state index contributed by atoms with van der Waals surface area (Å²) in [6.45, 7) is 0. The van der Waals surface area contributed by atoms with E-state index in [1.165, 1.54) is 24.3 Å². The highest BCUT2D eigenvalue weighted by molar-refractivity contribution is 6.30. The van der Waals surface area contributed by atoms with E-state index < -0.39 is 11.8 Å². The van der Waals surface area contributed by atoms with Gasteiger partial charge in [-0.1, -0.05) is 23.2 Å². The molecule has 4 nitrogen and oxygen atoms in total. The SMILES string of the molecule is O=C(O)c1ccc(Cl)nc1Oc1ccc(F)c(Cl)c1. The van der Waals surface area contributed by atoms with Crippen LogP contribution in [0.2, 0.25) is 10.2 Å². The van der Waals surface area contributed by atoms with Crippen LogP contribution in [-0.2, 0) is 0 Å². The molecule has 2 aromatic rings. The zero-order chi connectivity index (χ0) is 14.0. The summed E-state index contributed by atoms with van der Waals surface area (Å²) in [5.74, 6) is -1.86. The van der Waals surface area contributed by atoms with Gasteiger partial charge in [0, 0.05) is 6.07 Å². The average molecular weight is 302 g/mol. The Balaban J connectivity index is 2.39. The Morgan fingerprint density at radius 3 is 2.63 bits per heavy atom. The molecule has 1 aromatic heterocycles. The van der Waals surface area contributed by atoms with Gasteiger partial charge in [-0.3, -0.25) is 0 Å². The highest BCUT2D eigenvalue weighted by atomic mass is 35.5. The summed E-state index contributed by atoms with van der Waals surface area (Å²) in [6, 6.07) is 6.21. The lowest BCUT2D eigenvalue weighted by Gasteiger charge is -2.08. The maximum Gasteiger partial charge on any atom is 0.341 e. The molecule has 1 N–H and O–H groups in total. The number of benzene rings is 1. The largest absolute Gasteiger partial charge is 0.477 e. The molecule has 0 amide bonds. The summed E-state index contributed by atoms with van der Waals surface area (Å²) in [7, 11) is 0. The van der Waals surface area contributed by atoms with Gasteiger partial charge in [0.25, 0.3) is 0 Å². The number of nitrogens with zero attached hydrogens (tertiary/aromatic N) is 1. The number of hydrogen-bond donors (Lipinski definition) is 1. The molecule has 98 valence electrons. The maximum absolute atomic E-state index is 13.0. The molecule has 1 heterocycles. The smallest absolute Gasteiger partial charge is 0.341 e. The third-order valence-corrected chi connectivity index (χ3v) is 2.66. The van der Waals surface area contributed by atoms with Crippen LogP contribution in [0, 0.1) is 5.82 Å². The average Bonchev–Trinajstić information content (AvgIpc) is 2.33. The standard InChI is InChI=1S/C12H6Cl2FNO3/c13-8-5-6(1-3-9(8)15)19-11-7(12(17)18)2-4-10(14)16-11/h1-5H,(H,17,18). The molecule has 0 saturated carbocycles. The number of pyridine rings is 1. The Hall–Kier alpha value is -1.85. The van der Waals surface area contributed by atoms with Gasteiger partial charge in [0.1, 0.15) is 22.3 Å². The minimum Gasteiger partial charge on any atom is -0.477 e. The zero-order valence-electron chi connectivity index (χ0n) is 9.23. The van der Waals surface area contributed by atoms with Gasteiger partial charge in [-0.05, 0) is 24.3 Å². The summed E-state index contributed by atoms with van der Waals surface area (Å²) in [5.41, 5.74) is -0.162. The lowest BCUT2D eigenvalue weighted by Crippen LogP contribution is -2.02. The van der Waals surface area contributed by atoms with Crippen molar-refractivity contribution in [2.24, 2.45) is 0 Å². The summed E-state index contributed by atoms with van der Waals surface area (Å²) in [5, 5.41) is 8.92. The normalized spacial score (nSPS) is 10.3. The first kappa shape index (κ1) is 13.6. The molecule has 0 saturated heterocycles. The van der Waals surface area contributed by atoms with Crippen LogP contribution in [0.1, 0.15) is 10.4 Å². The van der Waals surface area contributed by atoms with Crippen molar-refractivity contribution in [3.05, 3.63) is 51.9 Å². The van der Waals surface area contributed by atoms with E-state index in [4.69, 9.17) is 33.0 Å². The van der Waals surface area contributed by atoms with E-state index in [0.717, 1.165) is 6.07 Å². The van der Waals surface area contributed by atoms with Crippen molar-refractivity contribution in [2.45, 2.75) is 0 Å². The van der Waals surface area contributed by atoms with Gasteiger partial charge in [-0.25, -0.2) is 14.2 Å². The van der Waals surface area contributed by atoms with E-state index in [1.54, 1.807) is 0 Å². The molecule has 0 aliphatic rings. The lowest BCUT2D eigenvalue weighted by atomic mass is 10.3. The third kappa shape index (κ3) is 3.13. The van der Waals surface area contributed by atoms with E-state index in [1.807, 2.05) is 0 Å². The summed E-state index contributed by atoms with van der Waals surface area (Å²) in [4.78, 5) is 14.8. The number of carboxylic acids is 1. The first-order valence-electron chi connectivity index (χ1n) is 5.00. The number of carbonyl (C=O) groups is 1. The summed E-state index contributed by atoms with van der Waals surface area (Å²) >= 11 is 11.3.